The smallest absolute Gasteiger partial charge is 0.327 e. The lowest BCUT2D eigenvalue weighted by Gasteiger charge is -2.32. The van der Waals surface area contributed by atoms with Gasteiger partial charge in [-0.3, -0.25) is 29.1 Å². The molecule has 1 aromatic heterocycles. The molecule has 6 amide bonds. The van der Waals surface area contributed by atoms with E-state index in [2.05, 4.69) is 33.6 Å². The van der Waals surface area contributed by atoms with Gasteiger partial charge in [0.1, 0.15) is 17.6 Å². The number of hydrogen-bond acceptors (Lipinski definition) is 7. The zero-order chi connectivity index (χ0) is 30.4. The molecule has 3 N–H and O–H groups in total. The quantitative estimate of drug-likeness (QED) is 0.223. The molecule has 0 bridgehead atoms. The highest BCUT2D eigenvalue weighted by atomic mass is 32.1. The third kappa shape index (κ3) is 8.42. The molecule has 2 heterocycles. The normalized spacial score (nSPS) is 17.4. The summed E-state index contributed by atoms with van der Waals surface area (Å²) in [5.74, 6) is -1.50. The summed E-state index contributed by atoms with van der Waals surface area (Å²) in [5.41, 5.74) is -1.02. The van der Waals surface area contributed by atoms with Crippen LogP contribution in [0.2, 0.25) is 0 Å². The summed E-state index contributed by atoms with van der Waals surface area (Å²) in [5, 5.41) is 7.64. The molecular formula is C28H44N6O5S. The zero-order valence-corrected chi connectivity index (χ0v) is 25.7. The van der Waals surface area contributed by atoms with Crippen LogP contribution in [0.1, 0.15) is 67.7 Å². The first-order valence-electron chi connectivity index (χ1n) is 13.6. The monoisotopic (exact) mass is 576 g/mol. The van der Waals surface area contributed by atoms with Crippen LogP contribution < -0.4 is 16.0 Å². The maximum Gasteiger partial charge on any atom is 0.327 e. The molecule has 0 unspecified atom stereocenters. The number of nitrogens with zero attached hydrogens (tertiary/aromatic N) is 3. The number of amides is 6. The highest BCUT2D eigenvalue weighted by molar-refractivity contribution is 7.81. The van der Waals surface area contributed by atoms with Gasteiger partial charge >= 0.3 is 6.03 Å². The number of urea groups is 1. The number of carbonyl (C=O) groups is 5. The second-order valence-corrected chi connectivity index (χ2v) is 12.9. The minimum Gasteiger partial charge on any atom is -0.343 e. The van der Waals surface area contributed by atoms with Crippen molar-refractivity contribution in [1.29, 1.82) is 0 Å². The molecule has 1 aliphatic heterocycles. The van der Waals surface area contributed by atoms with Gasteiger partial charge in [0.2, 0.25) is 17.7 Å². The van der Waals surface area contributed by atoms with E-state index in [4.69, 9.17) is 0 Å². The van der Waals surface area contributed by atoms with Gasteiger partial charge < -0.3 is 20.9 Å². The van der Waals surface area contributed by atoms with E-state index in [0.29, 0.717) is 24.9 Å². The van der Waals surface area contributed by atoms with Gasteiger partial charge in [-0.05, 0) is 56.6 Å². The number of pyridine rings is 1. The molecule has 12 heteroatoms. The number of likely N-dealkylation sites (N-methyl/N-ethyl adjacent to an activating group) is 1. The summed E-state index contributed by atoms with van der Waals surface area (Å²) < 4.78 is 0. The highest BCUT2D eigenvalue weighted by Gasteiger charge is 2.48. The Morgan fingerprint density at radius 2 is 1.73 bits per heavy atom. The number of anilines is 1. The predicted octanol–water partition coefficient (Wildman–Crippen LogP) is 2.83. The Balaban J connectivity index is 2.02. The van der Waals surface area contributed by atoms with Crippen LogP contribution in [0.5, 0.6) is 0 Å². The first kappa shape index (κ1) is 33.1. The fourth-order valence-corrected chi connectivity index (χ4v) is 4.55. The summed E-state index contributed by atoms with van der Waals surface area (Å²) in [6.07, 6.45) is 4.15. The standard InChI is InChI=1S/C28H44N6O5S/c1-17(2)15-19(22(35)32-21(27(3,4)5)24(37)30-18-11-9-13-29-16-18)31-23(36)20(40)12-10-14-34-25(38)28(6,7)33(8)26(34)39/h9,11,13,16-17,19-21,40H,10,12,14-15H2,1-8H3,(H,30,37)(H,31,36)(H,32,35)/t19-,20-,21+/m0/s1. The van der Waals surface area contributed by atoms with Crippen molar-refractivity contribution in [1.82, 2.24) is 25.4 Å². The van der Waals surface area contributed by atoms with Crippen LogP contribution in [0.4, 0.5) is 10.5 Å². The Morgan fingerprint density at radius 3 is 2.23 bits per heavy atom. The van der Waals surface area contributed by atoms with E-state index in [1.807, 2.05) is 34.6 Å². The SMILES string of the molecule is CC(C)C[C@H](NC(=O)[C@@H](S)CCCN1C(=O)N(C)C(C)(C)C1=O)C(=O)N[C@H](C(=O)Nc1cccnc1)C(C)(C)C. The lowest BCUT2D eigenvalue weighted by molar-refractivity contribution is -0.132. The summed E-state index contributed by atoms with van der Waals surface area (Å²) in [6, 6.07) is 1.27. The van der Waals surface area contributed by atoms with Crippen LogP contribution >= 0.6 is 12.6 Å². The Bertz CT molecular complexity index is 1090. The van der Waals surface area contributed by atoms with Crippen LogP contribution in [0.3, 0.4) is 0 Å². The van der Waals surface area contributed by atoms with Gasteiger partial charge in [0.25, 0.3) is 5.91 Å². The van der Waals surface area contributed by atoms with Crippen molar-refractivity contribution >= 4 is 48.0 Å². The van der Waals surface area contributed by atoms with Crippen LogP contribution in [0.25, 0.3) is 0 Å². The van der Waals surface area contributed by atoms with E-state index in [-0.39, 0.29) is 24.4 Å². The molecule has 40 heavy (non-hydrogen) atoms. The fourth-order valence-electron chi connectivity index (χ4n) is 4.29. The van der Waals surface area contributed by atoms with Crippen LogP contribution in [-0.4, -0.2) is 80.9 Å². The van der Waals surface area contributed by atoms with Crippen molar-refractivity contribution in [3.63, 3.8) is 0 Å². The number of rotatable bonds is 12. The molecule has 0 saturated carbocycles. The van der Waals surface area contributed by atoms with Gasteiger partial charge in [-0.15, -0.1) is 0 Å². The second kappa shape index (κ2) is 13.5. The molecule has 1 fully saturated rings. The lowest BCUT2D eigenvalue weighted by atomic mass is 9.85. The molecule has 0 aromatic carbocycles. The third-order valence-corrected chi connectivity index (χ3v) is 7.46. The second-order valence-electron chi connectivity index (χ2n) is 12.2. The van der Waals surface area contributed by atoms with E-state index in [0.717, 1.165) is 0 Å². The molecule has 0 aliphatic carbocycles. The fraction of sp³-hybridized carbons (Fsp3) is 0.643. The number of nitrogens with one attached hydrogen (secondary N) is 3. The van der Waals surface area contributed by atoms with E-state index in [1.54, 1.807) is 39.2 Å². The van der Waals surface area contributed by atoms with Crippen molar-refractivity contribution in [3.8, 4) is 0 Å². The minimum atomic E-state index is -0.911. The molecule has 2 rings (SSSR count). The first-order valence-corrected chi connectivity index (χ1v) is 14.1. The summed E-state index contributed by atoms with van der Waals surface area (Å²) >= 11 is 4.42. The molecule has 11 nitrogen and oxygen atoms in total. The largest absolute Gasteiger partial charge is 0.343 e. The molecule has 1 aromatic rings. The van der Waals surface area contributed by atoms with Crippen LogP contribution in [0.15, 0.2) is 24.5 Å². The average molecular weight is 577 g/mol. The topological polar surface area (TPSA) is 141 Å². The maximum atomic E-state index is 13.4. The van der Waals surface area contributed by atoms with Gasteiger partial charge in [0.15, 0.2) is 0 Å². The zero-order valence-electron chi connectivity index (χ0n) is 24.8. The van der Waals surface area contributed by atoms with Crippen molar-refractivity contribution in [2.75, 3.05) is 18.9 Å². The van der Waals surface area contributed by atoms with Crippen molar-refractivity contribution in [2.24, 2.45) is 11.3 Å². The maximum absolute atomic E-state index is 13.4. The Kier molecular flexibility index (Phi) is 11.1. The van der Waals surface area contributed by atoms with Gasteiger partial charge in [-0.1, -0.05) is 34.6 Å². The Hall–Kier alpha value is -3.15. The van der Waals surface area contributed by atoms with Crippen molar-refractivity contribution in [3.05, 3.63) is 24.5 Å². The molecule has 1 aliphatic rings. The molecular weight excluding hydrogens is 532 g/mol. The molecule has 3 atom stereocenters. The number of thiol groups is 1. The van der Waals surface area contributed by atoms with Gasteiger partial charge in [0.05, 0.1) is 17.1 Å². The van der Waals surface area contributed by atoms with Gasteiger partial charge in [0, 0.05) is 19.8 Å². The summed E-state index contributed by atoms with van der Waals surface area (Å²) in [4.78, 5) is 71.1. The molecule has 0 radical (unpaired) electrons. The van der Waals surface area contributed by atoms with Crippen LogP contribution in [-0.2, 0) is 19.2 Å². The Labute approximate surface area is 242 Å². The molecule has 0 spiro atoms. The number of carbonyl (C=O) groups excluding carboxylic acids is 5. The minimum absolute atomic E-state index is 0.0826. The van der Waals surface area contributed by atoms with Crippen LogP contribution in [0, 0.1) is 11.3 Å². The third-order valence-electron chi connectivity index (χ3n) is 6.97. The van der Waals surface area contributed by atoms with Crippen molar-refractivity contribution in [2.45, 2.75) is 90.6 Å². The molecule has 222 valence electrons. The first-order chi connectivity index (χ1) is 18.5. The average Bonchev–Trinajstić information content (AvgIpc) is 3.00. The van der Waals surface area contributed by atoms with E-state index < -0.39 is 46.0 Å². The predicted molar refractivity (Wildman–Crippen MR) is 157 cm³/mol. The number of hydrogen-bond donors (Lipinski definition) is 4. The Morgan fingerprint density at radius 1 is 1.07 bits per heavy atom. The van der Waals surface area contributed by atoms with Gasteiger partial charge in [-0.25, -0.2) is 4.79 Å². The summed E-state index contributed by atoms with van der Waals surface area (Å²) in [7, 11) is 1.59. The van der Waals surface area contributed by atoms with Gasteiger partial charge in [-0.2, -0.15) is 12.6 Å². The number of aromatic nitrogens is 1. The lowest BCUT2D eigenvalue weighted by Crippen LogP contribution is -2.57. The van der Waals surface area contributed by atoms with E-state index in [9.17, 15) is 24.0 Å². The molecule has 1 saturated heterocycles. The highest BCUT2D eigenvalue weighted by Crippen LogP contribution is 2.26. The number of imide groups is 1. The van der Waals surface area contributed by atoms with E-state index in [1.165, 1.54) is 16.0 Å². The van der Waals surface area contributed by atoms with Crippen molar-refractivity contribution < 1.29 is 24.0 Å². The van der Waals surface area contributed by atoms with E-state index >= 15 is 0 Å². The summed E-state index contributed by atoms with van der Waals surface area (Å²) in [6.45, 7) is 12.9.